The summed E-state index contributed by atoms with van der Waals surface area (Å²) in [5.41, 5.74) is 0.115. The highest BCUT2D eigenvalue weighted by Crippen LogP contribution is 2.37. The van der Waals surface area contributed by atoms with Gasteiger partial charge in [-0.2, -0.15) is 13.2 Å². The van der Waals surface area contributed by atoms with Gasteiger partial charge in [-0.05, 0) is 36.4 Å². The molecular formula is C23H20F3NO4. The molecule has 1 N–H and O–H groups in total. The number of aromatic hydroxyl groups is 1. The zero-order chi connectivity index (χ0) is 22.4. The van der Waals surface area contributed by atoms with Gasteiger partial charge in [0.05, 0.1) is 19.8 Å². The van der Waals surface area contributed by atoms with Crippen LogP contribution >= 0.6 is 0 Å². The number of hydrogen-bond donors (Lipinski definition) is 1. The summed E-state index contributed by atoms with van der Waals surface area (Å²) >= 11 is 0. The van der Waals surface area contributed by atoms with Crippen LogP contribution in [0.5, 0.6) is 23.0 Å². The molecule has 0 bridgehead atoms. The number of para-hydroxylation sites is 2. The number of hydrogen-bond acceptors (Lipinski definition) is 5. The van der Waals surface area contributed by atoms with Crippen LogP contribution in [0.4, 0.5) is 18.9 Å². The lowest BCUT2D eigenvalue weighted by Crippen LogP contribution is -2.05. The number of phenolic OH excluding ortho intramolecular Hbond substituents is 1. The first-order valence-electron chi connectivity index (χ1n) is 9.19. The summed E-state index contributed by atoms with van der Waals surface area (Å²) in [5, 5.41) is 10.2. The van der Waals surface area contributed by atoms with Crippen LogP contribution in [0, 0.1) is 0 Å². The molecule has 5 nitrogen and oxygen atoms in total. The smallest absolute Gasteiger partial charge is 0.416 e. The Labute approximate surface area is 177 Å². The quantitative estimate of drug-likeness (QED) is 0.484. The number of halogens is 3. The maximum absolute atomic E-state index is 13.2. The number of methoxy groups -OCH3 is 2. The fourth-order valence-corrected chi connectivity index (χ4v) is 2.84. The molecule has 0 unspecified atom stereocenters. The van der Waals surface area contributed by atoms with Crippen LogP contribution in [0.2, 0.25) is 0 Å². The van der Waals surface area contributed by atoms with E-state index in [4.69, 9.17) is 14.2 Å². The molecule has 0 aliphatic carbocycles. The summed E-state index contributed by atoms with van der Waals surface area (Å²) in [6.07, 6.45) is -3.28. The topological polar surface area (TPSA) is 60.3 Å². The lowest BCUT2D eigenvalue weighted by molar-refractivity contribution is -0.137. The molecule has 3 aromatic carbocycles. The molecule has 0 radical (unpaired) electrons. The Morgan fingerprint density at radius 3 is 2.32 bits per heavy atom. The lowest BCUT2D eigenvalue weighted by Gasteiger charge is -2.14. The van der Waals surface area contributed by atoms with Crippen LogP contribution in [-0.2, 0) is 12.8 Å². The molecule has 0 aliphatic heterocycles. The minimum absolute atomic E-state index is 0.0352. The van der Waals surface area contributed by atoms with Gasteiger partial charge in [0.25, 0.3) is 0 Å². The average Bonchev–Trinajstić information content (AvgIpc) is 2.76. The van der Waals surface area contributed by atoms with Gasteiger partial charge in [0.15, 0.2) is 11.5 Å². The van der Waals surface area contributed by atoms with Crippen molar-refractivity contribution in [2.24, 2.45) is 4.99 Å². The zero-order valence-electron chi connectivity index (χ0n) is 16.8. The number of aliphatic imine (C=N–C) groups is 1. The molecule has 0 aliphatic rings. The molecule has 0 amide bonds. The van der Waals surface area contributed by atoms with Crippen LogP contribution in [-0.4, -0.2) is 25.5 Å². The first-order valence-corrected chi connectivity index (χ1v) is 9.19. The van der Waals surface area contributed by atoms with E-state index in [0.29, 0.717) is 5.75 Å². The van der Waals surface area contributed by atoms with Crippen LogP contribution in [0.15, 0.2) is 65.7 Å². The minimum Gasteiger partial charge on any atom is -0.504 e. The van der Waals surface area contributed by atoms with E-state index in [9.17, 15) is 18.3 Å². The van der Waals surface area contributed by atoms with E-state index in [2.05, 4.69) is 4.99 Å². The number of rotatable bonds is 7. The molecule has 0 atom stereocenters. The highest BCUT2D eigenvalue weighted by molar-refractivity contribution is 5.87. The minimum atomic E-state index is -4.54. The van der Waals surface area contributed by atoms with Gasteiger partial charge in [-0.15, -0.1) is 0 Å². The number of alkyl halides is 3. The average molecular weight is 431 g/mol. The van der Waals surface area contributed by atoms with E-state index >= 15 is 0 Å². The van der Waals surface area contributed by atoms with Crippen molar-refractivity contribution in [3.05, 3.63) is 77.4 Å². The van der Waals surface area contributed by atoms with E-state index in [0.717, 1.165) is 17.7 Å². The van der Waals surface area contributed by atoms with Crippen molar-refractivity contribution in [2.75, 3.05) is 14.2 Å². The predicted octanol–water partition coefficient (Wildman–Crippen LogP) is 5.76. The highest BCUT2D eigenvalue weighted by Gasteiger charge is 2.31. The predicted molar refractivity (Wildman–Crippen MR) is 111 cm³/mol. The lowest BCUT2D eigenvalue weighted by atomic mass is 10.1. The van der Waals surface area contributed by atoms with Crippen molar-refractivity contribution in [3.63, 3.8) is 0 Å². The van der Waals surface area contributed by atoms with E-state index in [1.807, 2.05) is 0 Å². The van der Waals surface area contributed by atoms with E-state index in [1.165, 1.54) is 26.5 Å². The second-order valence-electron chi connectivity index (χ2n) is 6.44. The summed E-state index contributed by atoms with van der Waals surface area (Å²) < 4.78 is 55.7. The molecule has 3 rings (SSSR count). The number of benzene rings is 3. The van der Waals surface area contributed by atoms with E-state index in [-0.39, 0.29) is 35.1 Å². The maximum atomic E-state index is 13.2. The zero-order valence-corrected chi connectivity index (χ0v) is 16.8. The number of phenols is 1. The summed E-state index contributed by atoms with van der Waals surface area (Å²) in [7, 11) is 2.92. The van der Waals surface area contributed by atoms with Crippen LogP contribution in [0.25, 0.3) is 0 Å². The molecule has 0 aromatic heterocycles. The van der Waals surface area contributed by atoms with Gasteiger partial charge in [0.2, 0.25) is 0 Å². The fourth-order valence-electron chi connectivity index (χ4n) is 2.84. The third kappa shape index (κ3) is 5.28. The maximum Gasteiger partial charge on any atom is 0.416 e. The standard InChI is InChI=1S/C23H20F3NO4/c1-29-19-8-4-3-6-16(19)14-31-20-11-10-17(23(24,25)26)12-18(20)27-13-15-7-5-9-21(30-2)22(15)28/h3-13,28H,14H2,1-2H3. The molecule has 0 fully saturated rings. The van der Waals surface area contributed by atoms with Crippen LogP contribution in [0.1, 0.15) is 16.7 Å². The Morgan fingerprint density at radius 2 is 1.61 bits per heavy atom. The van der Waals surface area contributed by atoms with E-state index < -0.39 is 11.7 Å². The molecule has 0 saturated carbocycles. The van der Waals surface area contributed by atoms with Gasteiger partial charge in [-0.1, -0.05) is 24.3 Å². The van der Waals surface area contributed by atoms with Crippen LogP contribution in [0.3, 0.4) is 0 Å². The molecule has 0 saturated heterocycles. The van der Waals surface area contributed by atoms with Gasteiger partial charge in [0, 0.05) is 17.3 Å². The second-order valence-corrected chi connectivity index (χ2v) is 6.44. The molecule has 0 heterocycles. The number of ether oxygens (including phenoxy) is 3. The van der Waals surface area contributed by atoms with Crippen molar-refractivity contribution in [3.8, 4) is 23.0 Å². The molecular weight excluding hydrogens is 411 g/mol. The molecule has 31 heavy (non-hydrogen) atoms. The monoisotopic (exact) mass is 431 g/mol. The molecule has 0 spiro atoms. The van der Waals surface area contributed by atoms with Gasteiger partial charge >= 0.3 is 6.18 Å². The Morgan fingerprint density at radius 1 is 0.903 bits per heavy atom. The molecule has 162 valence electrons. The molecule has 8 heteroatoms. The van der Waals surface area contributed by atoms with Gasteiger partial charge in [0.1, 0.15) is 23.8 Å². The SMILES string of the molecule is COc1ccccc1COc1ccc(C(F)(F)F)cc1N=Cc1cccc(OC)c1O. The van der Waals surface area contributed by atoms with Crippen molar-refractivity contribution in [1.29, 1.82) is 0 Å². The summed E-state index contributed by atoms with van der Waals surface area (Å²) in [4.78, 5) is 4.14. The highest BCUT2D eigenvalue weighted by atomic mass is 19.4. The van der Waals surface area contributed by atoms with Gasteiger partial charge < -0.3 is 19.3 Å². The third-order valence-corrected chi connectivity index (χ3v) is 4.45. The van der Waals surface area contributed by atoms with Crippen molar-refractivity contribution < 1.29 is 32.5 Å². The van der Waals surface area contributed by atoms with Crippen molar-refractivity contribution >= 4 is 11.9 Å². The Bertz CT molecular complexity index is 1080. The Balaban J connectivity index is 1.95. The fraction of sp³-hybridized carbons (Fsp3) is 0.174. The first kappa shape index (κ1) is 22.0. The third-order valence-electron chi connectivity index (χ3n) is 4.45. The first-order chi connectivity index (χ1) is 14.8. The molecule has 3 aromatic rings. The summed E-state index contributed by atoms with van der Waals surface area (Å²) in [5.74, 6) is 0.802. The largest absolute Gasteiger partial charge is 0.504 e. The Kier molecular flexibility index (Phi) is 6.69. The van der Waals surface area contributed by atoms with Crippen LogP contribution < -0.4 is 14.2 Å². The summed E-state index contributed by atoms with van der Waals surface area (Å²) in [6.45, 7) is 0.0717. The second kappa shape index (κ2) is 9.42. The summed E-state index contributed by atoms with van der Waals surface area (Å²) in [6, 6.07) is 14.9. The van der Waals surface area contributed by atoms with Crippen molar-refractivity contribution in [1.82, 2.24) is 0 Å². The van der Waals surface area contributed by atoms with Crippen molar-refractivity contribution in [2.45, 2.75) is 12.8 Å². The normalized spacial score (nSPS) is 11.5. The van der Waals surface area contributed by atoms with Gasteiger partial charge in [-0.25, -0.2) is 0 Å². The Hall–Kier alpha value is -3.68. The number of nitrogens with zero attached hydrogens (tertiary/aromatic N) is 1. The van der Waals surface area contributed by atoms with E-state index in [1.54, 1.807) is 42.5 Å². The van der Waals surface area contributed by atoms with Gasteiger partial charge in [-0.3, -0.25) is 4.99 Å².